The highest BCUT2D eigenvalue weighted by Crippen LogP contribution is 2.45. The van der Waals surface area contributed by atoms with Gasteiger partial charge in [-0.1, -0.05) is 54.6 Å². The number of para-hydroxylation sites is 1. The third kappa shape index (κ3) is 6.18. The average Bonchev–Trinajstić information content (AvgIpc) is 3.30. The molecule has 0 radical (unpaired) electrons. The lowest BCUT2D eigenvalue weighted by Crippen LogP contribution is -2.31. The Kier molecular flexibility index (Phi) is 8.00. The summed E-state index contributed by atoms with van der Waals surface area (Å²) >= 11 is 0. The first kappa shape index (κ1) is 27.9. The van der Waals surface area contributed by atoms with Crippen LogP contribution in [0.25, 0.3) is 0 Å². The number of anilines is 2. The van der Waals surface area contributed by atoms with Gasteiger partial charge >= 0.3 is 5.97 Å². The maximum absolute atomic E-state index is 13.4. The van der Waals surface area contributed by atoms with Crippen LogP contribution >= 0.6 is 0 Å². The fourth-order valence-corrected chi connectivity index (χ4v) is 5.88. The monoisotopic (exact) mass is 574 g/mol. The first-order valence-electron chi connectivity index (χ1n) is 14.3. The van der Waals surface area contributed by atoms with E-state index in [2.05, 4.69) is 17.4 Å². The number of benzene rings is 4. The third-order valence-corrected chi connectivity index (χ3v) is 7.99. The Morgan fingerprint density at radius 1 is 0.744 bits per heavy atom. The molecule has 2 aliphatic rings. The second-order valence-corrected chi connectivity index (χ2v) is 10.8. The van der Waals surface area contributed by atoms with Gasteiger partial charge in [-0.25, -0.2) is 4.79 Å². The predicted molar refractivity (Wildman–Crippen MR) is 161 cm³/mol. The number of esters is 1. The first-order valence-corrected chi connectivity index (χ1v) is 14.3. The molecule has 4 aromatic rings. The number of carbonyl (C=O) groups is 4. The molecule has 3 amide bonds. The summed E-state index contributed by atoms with van der Waals surface area (Å²) in [6, 6.07) is 32.4. The van der Waals surface area contributed by atoms with E-state index in [1.54, 1.807) is 36.4 Å². The van der Waals surface area contributed by atoms with E-state index in [1.165, 1.54) is 22.6 Å². The minimum atomic E-state index is -0.732. The van der Waals surface area contributed by atoms with Crippen LogP contribution in [-0.2, 0) is 19.1 Å². The summed E-state index contributed by atoms with van der Waals surface area (Å²) in [5.41, 5.74) is 2.18. The summed E-state index contributed by atoms with van der Waals surface area (Å²) in [6.45, 7) is -0.502. The van der Waals surface area contributed by atoms with Gasteiger partial charge in [-0.3, -0.25) is 19.3 Å². The Bertz CT molecular complexity index is 1640. The fourth-order valence-electron chi connectivity index (χ4n) is 5.88. The van der Waals surface area contributed by atoms with Crippen molar-refractivity contribution in [2.45, 2.75) is 25.2 Å². The molecule has 1 aliphatic carbocycles. The molecule has 1 aliphatic heterocycles. The van der Waals surface area contributed by atoms with Crippen LogP contribution in [0, 0.1) is 11.8 Å². The molecule has 1 N–H and O–H groups in total. The second kappa shape index (κ2) is 12.3. The van der Waals surface area contributed by atoms with Gasteiger partial charge in [0.15, 0.2) is 6.61 Å². The quantitative estimate of drug-likeness (QED) is 0.194. The van der Waals surface area contributed by atoms with Crippen molar-refractivity contribution in [1.82, 2.24) is 0 Å². The van der Waals surface area contributed by atoms with E-state index in [1.807, 2.05) is 48.5 Å². The summed E-state index contributed by atoms with van der Waals surface area (Å²) < 4.78 is 11.0. The number of imide groups is 1. The Hall–Kier alpha value is -5.24. The average molecular weight is 575 g/mol. The molecule has 0 unspecified atom stereocenters. The van der Waals surface area contributed by atoms with E-state index < -0.39 is 18.5 Å². The van der Waals surface area contributed by atoms with Crippen LogP contribution in [0.4, 0.5) is 11.4 Å². The third-order valence-electron chi connectivity index (χ3n) is 7.99. The molecule has 216 valence electrons. The minimum absolute atomic E-state index is 0.144. The van der Waals surface area contributed by atoms with Crippen molar-refractivity contribution in [3.63, 3.8) is 0 Å². The van der Waals surface area contributed by atoms with E-state index in [0.717, 1.165) is 6.42 Å². The van der Waals surface area contributed by atoms with Crippen LogP contribution in [0.1, 0.15) is 41.1 Å². The van der Waals surface area contributed by atoms with Crippen LogP contribution < -0.4 is 15.0 Å². The predicted octanol–water partition coefficient (Wildman–Crippen LogP) is 6.35. The maximum Gasteiger partial charge on any atom is 0.338 e. The van der Waals surface area contributed by atoms with E-state index in [-0.39, 0.29) is 35.1 Å². The van der Waals surface area contributed by atoms with Crippen molar-refractivity contribution >= 4 is 35.1 Å². The van der Waals surface area contributed by atoms with Crippen LogP contribution in [-0.4, -0.2) is 30.3 Å². The van der Waals surface area contributed by atoms with Gasteiger partial charge in [0.05, 0.1) is 23.1 Å². The summed E-state index contributed by atoms with van der Waals surface area (Å²) in [4.78, 5) is 53.2. The molecule has 8 heteroatoms. The molecular weight excluding hydrogens is 544 g/mol. The van der Waals surface area contributed by atoms with E-state index >= 15 is 0 Å². The number of rotatable bonds is 8. The number of carbonyl (C=O) groups excluding carboxylic acids is 4. The number of hydrogen-bond acceptors (Lipinski definition) is 6. The molecule has 2 fully saturated rings. The van der Waals surface area contributed by atoms with Crippen LogP contribution in [0.5, 0.6) is 11.5 Å². The largest absolute Gasteiger partial charge is 0.457 e. The van der Waals surface area contributed by atoms with Gasteiger partial charge in [-0.15, -0.1) is 0 Å². The zero-order valence-electron chi connectivity index (χ0n) is 23.3. The van der Waals surface area contributed by atoms with Gasteiger partial charge in [0, 0.05) is 5.69 Å². The first-order chi connectivity index (χ1) is 21.0. The van der Waals surface area contributed by atoms with Crippen LogP contribution in [0.15, 0.2) is 109 Å². The molecule has 0 bridgehead atoms. The standard InChI is InChI=1S/C35H30N2O6/c38-32(36-26-15-17-29(18-16-26)43-28-12-5-2-6-13-28)22-42-35(41)25-10-7-11-27(20-25)37-33(39)30-19-14-24(21-31(30)34(37)40)23-8-3-1-4-9-23/h1-13,15-18,20,24,30-31H,14,19,21-22H2,(H,36,38)/t24-,30-,31-/m1/s1. The number of ether oxygens (including phenoxy) is 2. The number of fused-ring (bicyclic) bond motifs is 1. The van der Waals surface area contributed by atoms with Crippen molar-refractivity contribution in [2.75, 3.05) is 16.8 Å². The zero-order chi connectivity index (χ0) is 29.8. The van der Waals surface area contributed by atoms with E-state index in [9.17, 15) is 19.2 Å². The summed E-state index contributed by atoms with van der Waals surface area (Å²) in [5, 5.41) is 2.68. The Balaban J connectivity index is 1.05. The molecule has 4 aromatic carbocycles. The number of nitrogens with one attached hydrogen (secondary N) is 1. The molecule has 43 heavy (non-hydrogen) atoms. The lowest BCUT2D eigenvalue weighted by atomic mass is 9.73. The van der Waals surface area contributed by atoms with Gasteiger partial charge < -0.3 is 14.8 Å². The number of amides is 3. The van der Waals surface area contributed by atoms with E-state index in [4.69, 9.17) is 9.47 Å². The van der Waals surface area contributed by atoms with Gasteiger partial charge in [0.1, 0.15) is 11.5 Å². The topological polar surface area (TPSA) is 102 Å². The highest BCUT2D eigenvalue weighted by molar-refractivity contribution is 6.22. The molecule has 0 spiro atoms. The summed E-state index contributed by atoms with van der Waals surface area (Å²) in [6.07, 6.45) is 2.11. The fraction of sp³-hybridized carbons (Fsp3) is 0.200. The normalized spacial score (nSPS) is 19.4. The molecule has 6 rings (SSSR count). The molecule has 8 nitrogen and oxygen atoms in total. The lowest BCUT2D eigenvalue weighted by Gasteiger charge is -2.28. The Morgan fingerprint density at radius 2 is 1.42 bits per heavy atom. The molecule has 1 saturated carbocycles. The van der Waals surface area contributed by atoms with Crippen LogP contribution in [0.2, 0.25) is 0 Å². The molecule has 1 saturated heterocycles. The SMILES string of the molecule is O=C(COC(=O)c1cccc(N2C(=O)[C@@H]3CC[C@@H](c4ccccc4)C[C@H]3C2=O)c1)Nc1ccc(Oc2ccccc2)cc1. The van der Waals surface area contributed by atoms with Crippen molar-refractivity contribution in [3.05, 3.63) is 120 Å². The maximum atomic E-state index is 13.4. The Labute approximate surface area is 249 Å². The van der Waals surface area contributed by atoms with Crippen LogP contribution in [0.3, 0.4) is 0 Å². The van der Waals surface area contributed by atoms with Crippen molar-refractivity contribution in [2.24, 2.45) is 11.8 Å². The number of hydrogen-bond donors (Lipinski definition) is 1. The number of nitrogens with zero attached hydrogens (tertiary/aromatic N) is 1. The van der Waals surface area contributed by atoms with Gasteiger partial charge in [0.2, 0.25) is 11.8 Å². The molecular formula is C35H30N2O6. The minimum Gasteiger partial charge on any atom is -0.457 e. The molecule has 3 atom stereocenters. The highest BCUT2D eigenvalue weighted by Gasteiger charge is 2.50. The lowest BCUT2D eigenvalue weighted by molar-refractivity contribution is -0.122. The molecule has 0 aromatic heterocycles. The zero-order valence-corrected chi connectivity index (χ0v) is 23.3. The summed E-state index contributed by atoms with van der Waals surface area (Å²) in [7, 11) is 0. The highest BCUT2D eigenvalue weighted by atomic mass is 16.5. The Morgan fingerprint density at radius 3 is 2.16 bits per heavy atom. The van der Waals surface area contributed by atoms with Gasteiger partial charge in [-0.2, -0.15) is 0 Å². The van der Waals surface area contributed by atoms with Gasteiger partial charge in [0.25, 0.3) is 5.91 Å². The van der Waals surface area contributed by atoms with Crippen molar-refractivity contribution < 1.29 is 28.7 Å². The second-order valence-electron chi connectivity index (χ2n) is 10.8. The summed E-state index contributed by atoms with van der Waals surface area (Å²) in [5.74, 6) is -0.910. The molecule has 1 heterocycles. The van der Waals surface area contributed by atoms with Crippen molar-refractivity contribution in [3.8, 4) is 11.5 Å². The van der Waals surface area contributed by atoms with Crippen molar-refractivity contribution in [1.29, 1.82) is 0 Å². The van der Waals surface area contributed by atoms with Gasteiger partial charge in [-0.05, 0) is 85.3 Å². The smallest absolute Gasteiger partial charge is 0.338 e. The van der Waals surface area contributed by atoms with E-state index in [0.29, 0.717) is 35.7 Å².